The number of Topliss-reactive ketones (excluding diaryl/α,β-unsaturated/α-hetero) is 1. The summed E-state index contributed by atoms with van der Waals surface area (Å²) in [6.07, 6.45) is 2.91. The highest BCUT2D eigenvalue weighted by Crippen LogP contribution is 2.29. The molecular weight excluding hydrogens is 394 g/mol. The van der Waals surface area contributed by atoms with Gasteiger partial charge in [-0.05, 0) is 38.0 Å². The summed E-state index contributed by atoms with van der Waals surface area (Å²) in [4.78, 5) is 17.2. The Balaban J connectivity index is 1.91. The lowest BCUT2D eigenvalue weighted by Gasteiger charge is -2.25. The van der Waals surface area contributed by atoms with Gasteiger partial charge in [-0.2, -0.15) is 4.31 Å². The largest absolute Gasteiger partial charge is 0.319 e. The standard InChI is InChI=1S/C20H29N3O3S2/c1-5-23-17-10-9-15(28(25,26)22-11-7-6-8-12-22)13-16(17)21-19(23)27-14-18(24)20(2,3)4/h9-10,13H,5-8,11-12,14H2,1-4H3. The van der Waals surface area contributed by atoms with Crippen molar-refractivity contribution in [2.45, 2.75) is 63.6 Å². The number of imidazole rings is 1. The van der Waals surface area contributed by atoms with Crippen molar-refractivity contribution < 1.29 is 13.2 Å². The molecule has 6 nitrogen and oxygen atoms in total. The molecule has 2 heterocycles. The quantitative estimate of drug-likeness (QED) is 0.658. The van der Waals surface area contributed by atoms with Gasteiger partial charge in [0.1, 0.15) is 5.78 Å². The molecule has 0 N–H and O–H groups in total. The van der Waals surface area contributed by atoms with E-state index in [1.807, 2.05) is 38.3 Å². The van der Waals surface area contributed by atoms with Gasteiger partial charge in [-0.25, -0.2) is 13.4 Å². The molecule has 3 rings (SSSR count). The summed E-state index contributed by atoms with van der Waals surface area (Å²) >= 11 is 1.42. The molecule has 0 amide bonds. The van der Waals surface area contributed by atoms with Gasteiger partial charge in [0.05, 0.1) is 21.7 Å². The maximum Gasteiger partial charge on any atom is 0.243 e. The topological polar surface area (TPSA) is 72.3 Å². The number of carbonyl (C=O) groups is 1. The van der Waals surface area contributed by atoms with E-state index in [-0.39, 0.29) is 11.2 Å². The molecule has 1 aromatic carbocycles. The Morgan fingerprint density at radius 1 is 1.18 bits per heavy atom. The summed E-state index contributed by atoms with van der Waals surface area (Å²) in [5.74, 6) is 0.520. The summed E-state index contributed by atoms with van der Waals surface area (Å²) < 4.78 is 29.5. The second-order valence-corrected chi connectivity index (χ2v) is 11.1. The van der Waals surface area contributed by atoms with E-state index in [0.717, 1.165) is 29.9 Å². The molecule has 1 aromatic heterocycles. The summed E-state index contributed by atoms with van der Waals surface area (Å²) in [5.41, 5.74) is 1.17. The number of carbonyl (C=O) groups excluding carboxylic acids is 1. The van der Waals surface area contributed by atoms with Gasteiger partial charge in [0, 0.05) is 25.0 Å². The van der Waals surface area contributed by atoms with Gasteiger partial charge in [-0.1, -0.05) is 39.0 Å². The molecule has 154 valence electrons. The van der Waals surface area contributed by atoms with E-state index in [9.17, 15) is 13.2 Å². The molecule has 0 radical (unpaired) electrons. The molecule has 1 aliphatic rings. The van der Waals surface area contributed by atoms with E-state index in [1.54, 1.807) is 16.4 Å². The van der Waals surface area contributed by atoms with Crippen LogP contribution in [0.2, 0.25) is 0 Å². The van der Waals surface area contributed by atoms with Crippen molar-refractivity contribution in [1.82, 2.24) is 13.9 Å². The Morgan fingerprint density at radius 2 is 1.86 bits per heavy atom. The van der Waals surface area contributed by atoms with Crippen molar-refractivity contribution in [1.29, 1.82) is 0 Å². The zero-order valence-corrected chi connectivity index (χ0v) is 18.7. The average Bonchev–Trinajstić information content (AvgIpc) is 3.02. The lowest BCUT2D eigenvalue weighted by molar-refractivity contribution is -0.123. The molecule has 0 bridgehead atoms. The van der Waals surface area contributed by atoms with Gasteiger partial charge in [-0.15, -0.1) is 0 Å². The van der Waals surface area contributed by atoms with Crippen LogP contribution in [0.15, 0.2) is 28.3 Å². The van der Waals surface area contributed by atoms with Crippen molar-refractivity contribution in [3.63, 3.8) is 0 Å². The van der Waals surface area contributed by atoms with Crippen molar-refractivity contribution >= 4 is 38.6 Å². The van der Waals surface area contributed by atoms with E-state index < -0.39 is 10.0 Å². The van der Waals surface area contributed by atoms with Gasteiger partial charge in [0.25, 0.3) is 0 Å². The van der Waals surface area contributed by atoms with Crippen LogP contribution in [-0.4, -0.2) is 46.9 Å². The number of piperidine rings is 1. The molecule has 1 saturated heterocycles. The van der Waals surface area contributed by atoms with E-state index in [2.05, 4.69) is 4.98 Å². The Labute approximate surface area is 171 Å². The predicted molar refractivity (Wildman–Crippen MR) is 113 cm³/mol. The number of nitrogens with zero attached hydrogens (tertiary/aromatic N) is 3. The Hall–Kier alpha value is -1.38. The molecule has 0 atom stereocenters. The van der Waals surface area contributed by atoms with Crippen LogP contribution in [0, 0.1) is 5.41 Å². The molecule has 8 heteroatoms. The van der Waals surface area contributed by atoms with Gasteiger partial charge in [-0.3, -0.25) is 4.79 Å². The van der Waals surface area contributed by atoms with Gasteiger partial charge in [0.15, 0.2) is 5.16 Å². The Bertz CT molecular complexity index is 968. The third-order valence-electron chi connectivity index (χ3n) is 5.12. The molecule has 0 spiro atoms. The lowest BCUT2D eigenvalue weighted by Crippen LogP contribution is -2.35. The first-order valence-corrected chi connectivity index (χ1v) is 12.2. The fourth-order valence-electron chi connectivity index (χ4n) is 3.26. The molecule has 0 saturated carbocycles. The predicted octanol–water partition coefficient (Wildman–Crippen LogP) is 3.94. The summed E-state index contributed by atoms with van der Waals surface area (Å²) in [6.45, 7) is 9.64. The second kappa shape index (κ2) is 8.16. The van der Waals surface area contributed by atoms with Crippen LogP contribution in [0.3, 0.4) is 0 Å². The highest BCUT2D eigenvalue weighted by molar-refractivity contribution is 7.99. The molecule has 2 aromatic rings. The highest BCUT2D eigenvalue weighted by atomic mass is 32.2. The number of sulfonamides is 1. The minimum atomic E-state index is -3.49. The molecular formula is C20H29N3O3S2. The third kappa shape index (κ3) is 4.28. The monoisotopic (exact) mass is 423 g/mol. The fourth-order valence-corrected chi connectivity index (χ4v) is 6.04. The average molecular weight is 424 g/mol. The number of hydrogen-bond acceptors (Lipinski definition) is 5. The molecule has 1 aliphatic heterocycles. The summed E-state index contributed by atoms with van der Waals surface area (Å²) in [5, 5.41) is 0.752. The third-order valence-corrected chi connectivity index (χ3v) is 7.99. The van der Waals surface area contributed by atoms with Crippen LogP contribution < -0.4 is 0 Å². The fraction of sp³-hybridized carbons (Fsp3) is 0.600. The van der Waals surface area contributed by atoms with Crippen LogP contribution in [-0.2, 0) is 21.4 Å². The van der Waals surface area contributed by atoms with Gasteiger partial charge < -0.3 is 4.57 Å². The number of thioether (sulfide) groups is 1. The zero-order chi connectivity index (χ0) is 20.5. The Kier molecular flexibility index (Phi) is 6.22. The zero-order valence-electron chi connectivity index (χ0n) is 17.1. The smallest absolute Gasteiger partial charge is 0.243 e. The number of aromatic nitrogens is 2. The van der Waals surface area contributed by atoms with Crippen LogP contribution in [0.5, 0.6) is 0 Å². The van der Waals surface area contributed by atoms with Crippen molar-refractivity contribution in [3.05, 3.63) is 18.2 Å². The normalized spacial score (nSPS) is 16.6. The van der Waals surface area contributed by atoms with Crippen molar-refractivity contribution in [2.24, 2.45) is 5.41 Å². The van der Waals surface area contributed by atoms with Gasteiger partial charge >= 0.3 is 0 Å². The number of benzene rings is 1. The van der Waals surface area contributed by atoms with Crippen molar-refractivity contribution in [3.8, 4) is 0 Å². The SMILES string of the molecule is CCn1c(SCC(=O)C(C)(C)C)nc2cc(S(=O)(=O)N3CCCCC3)ccc21. The minimum absolute atomic E-state index is 0.167. The van der Waals surface area contributed by atoms with E-state index in [0.29, 0.717) is 35.8 Å². The van der Waals surface area contributed by atoms with Crippen LogP contribution in [0.1, 0.15) is 47.0 Å². The first-order valence-electron chi connectivity index (χ1n) is 9.81. The van der Waals surface area contributed by atoms with Crippen LogP contribution >= 0.6 is 11.8 Å². The molecule has 0 aliphatic carbocycles. The molecule has 1 fully saturated rings. The number of fused-ring (bicyclic) bond motifs is 1. The number of ketones is 1. The Morgan fingerprint density at radius 3 is 2.46 bits per heavy atom. The van der Waals surface area contributed by atoms with E-state index >= 15 is 0 Å². The minimum Gasteiger partial charge on any atom is -0.319 e. The van der Waals surface area contributed by atoms with Crippen LogP contribution in [0.25, 0.3) is 11.0 Å². The lowest BCUT2D eigenvalue weighted by atomic mass is 9.92. The molecule has 0 unspecified atom stereocenters. The number of aryl methyl sites for hydroxylation is 1. The maximum absolute atomic E-state index is 13.0. The molecule has 28 heavy (non-hydrogen) atoms. The van der Waals surface area contributed by atoms with Gasteiger partial charge in [0.2, 0.25) is 10.0 Å². The van der Waals surface area contributed by atoms with Crippen molar-refractivity contribution in [2.75, 3.05) is 18.8 Å². The number of rotatable bonds is 6. The highest BCUT2D eigenvalue weighted by Gasteiger charge is 2.27. The summed E-state index contributed by atoms with van der Waals surface area (Å²) in [6, 6.07) is 5.17. The first-order chi connectivity index (χ1) is 13.1. The number of hydrogen-bond donors (Lipinski definition) is 0. The van der Waals surface area contributed by atoms with Crippen LogP contribution in [0.4, 0.5) is 0 Å². The maximum atomic E-state index is 13.0. The second-order valence-electron chi connectivity index (χ2n) is 8.22. The van der Waals surface area contributed by atoms with E-state index in [1.165, 1.54) is 11.8 Å². The van der Waals surface area contributed by atoms with E-state index in [4.69, 9.17) is 0 Å². The summed E-state index contributed by atoms with van der Waals surface area (Å²) in [7, 11) is -3.49. The first kappa shape index (κ1) is 21.3.